The molecule has 1 aromatic carbocycles. The van der Waals surface area contributed by atoms with Crippen LogP contribution in [0.2, 0.25) is 10.0 Å². The second-order valence-corrected chi connectivity index (χ2v) is 4.78. The number of aromatic nitrogens is 1. The van der Waals surface area contributed by atoms with Gasteiger partial charge in [0.05, 0.1) is 16.2 Å². The zero-order chi connectivity index (χ0) is 12.4. The van der Waals surface area contributed by atoms with Gasteiger partial charge in [0, 0.05) is 5.02 Å². The molecule has 88 valence electrons. The third kappa shape index (κ3) is 2.69. The zero-order valence-corrected chi connectivity index (χ0v) is 10.6. The molecule has 0 saturated heterocycles. The molecule has 2 N–H and O–H groups in total. The Morgan fingerprint density at radius 3 is 2.82 bits per heavy atom. The monoisotopic (exact) mass is 288 g/mol. The van der Waals surface area contributed by atoms with Crippen LogP contribution in [0.5, 0.6) is 0 Å². The second kappa shape index (κ2) is 4.91. The minimum absolute atomic E-state index is 0.0268. The fraction of sp³-hybridized carbons (Fsp3) is 0. The third-order valence-electron chi connectivity index (χ3n) is 1.95. The molecule has 4 nitrogen and oxygen atoms in total. The van der Waals surface area contributed by atoms with Crippen LogP contribution in [0, 0.1) is 0 Å². The molecule has 0 amide bonds. The van der Waals surface area contributed by atoms with E-state index in [1.165, 1.54) is 16.8 Å². The van der Waals surface area contributed by atoms with Gasteiger partial charge in [-0.25, -0.2) is 9.78 Å². The number of anilines is 2. The van der Waals surface area contributed by atoms with Gasteiger partial charge in [-0.15, -0.1) is 11.3 Å². The van der Waals surface area contributed by atoms with Crippen molar-refractivity contribution in [1.82, 2.24) is 4.98 Å². The number of carbonyl (C=O) groups is 1. The molecule has 0 fully saturated rings. The molecular formula is C10H6Cl2N2O2S. The van der Waals surface area contributed by atoms with Crippen LogP contribution in [0.1, 0.15) is 10.5 Å². The molecule has 0 unspecified atom stereocenters. The minimum atomic E-state index is -1.08. The number of carboxylic acids is 1. The average molecular weight is 289 g/mol. The van der Waals surface area contributed by atoms with E-state index in [0.717, 1.165) is 0 Å². The van der Waals surface area contributed by atoms with Crippen molar-refractivity contribution in [3.8, 4) is 0 Å². The van der Waals surface area contributed by atoms with Gasteiger partial charge in [-0.3, -0.25) is 0 Å². The molecule has 1 aromatic heterocycles. The lowest BCUT2D eigenvalue weighted by atomic mass is 10.3. The number of nitrogens with zero attached hydrogens (tertiary/aromatic N) is 1. The number of carboxylic acid groups (broad SMARTS) is 1. The van der Waals surface area contributed by atoms with Crippen LogP contribution >= 0.6 is 34.5 Å². The number of aromatic carboxylic acids is 1. The molecule has 7 heteroatoms. The lowest BCUT2D eigenvalue weighted by Gasteiger charge is -2.06. The van der Waals surface area contributed by atoms with Crippen LogP contribution in [0.25, 0.3) is 0 Å². The summed E-state index contributed by atoms with van der Waals surface area (Å²) in [6.45, 7) is 0. The Bertz CT molecular complexity index is 571. The molecular weight excluding hydrogens is 283 g/mol. The van der Waals surface area contributed by atoms with E-state index < -0.39 is 5.97 Å². The van der Waals surface area contributed by atoms with E-state index in [0.29, 0.717) is 20.7 Å². The molecule has 1 heterocycles. The van der Waals surface area contributed by atoms with Crippen molar-refractivity contribution in [2.24, 2.45) is 0 Å². The first-order chi connectivity index (χ1) is 8.08. The molecule has 0 atom stereocenters. The van der Waals surface area contributed by atoms with E-state index in [2.05, 4.69) is 10.3 Å². The van der Waals surface area contributed by atoms with Crippen molar-refractivity contribution < 1.29 is 9.90 Å². The van der Waals surface area contributed by atoms with Gasteiger partial charge in [0.1, 0.15) is 5.00 Å². The maximum Gasteiger partial charge on any atom is 0.357 e. The first kappa shape index (κ1) is 12.2. The van der Waals surface area contributed by atoms with Gasteiger partial charge in [-0.2, -0.15) is 0 Å². The maximum atomic E-state index is 10.9. The van der Waals surface area contributed by atoms with Gasteiger partial charge in [0.2, 0.25) is 0 Å². The molecule has 0 aliphatic carbocycles. The summed E-state index contributed by atoms with van der Waals surface area (Å²) in [6, 6.07) is 4.92. The highest BCUT2D eigenvalue weighted by atomic mass is 35.5. The Morgan fingerprint density at radius 1 is 1.41 bits per heavy atom. The van der Waals surface area contributed by atoms with Crippen molar-refractivity contribution in [1.29, 1.82) is 0 Å². The summed E-state index contributed by atoms with van der Waals surface area (Å²) in [5.74, 6) is -1.08. The quantitative estimate of drug-likeness (QED) is 0.899. The van der Waals surface area contributed by atoms with Crippen LogP contribution in [0.15, 0.2) is 23.7 Å². The number of halogens is 2. The number of rotatable bonds is 3. The van der Waals surface area contributed by atoms with Crippen molar-refractivity contribution in [2.75, 3.05) is 5.32 Å². The van der Waals surface area contributed by atoms with Crippen LogP contribution in [0.4, 0.5) is 10.7 Å². The number of benzene rings is 1. The second-order valence-electron chi connectivity index (χ2n) is 3.08. The van der Waals surface area contributed by atoms with Crippen LogP contribution in [-0.2, 0) is 0 Å². The van der Waals surface area contributed by atoms with Crippen molar-refractivity contribution in [3.63, 3.8) is 0 Å². The molecule has 2 aromatic rings. The average Bonchev–Trinajstić information content (AvgIpc) is 2.70. The third-order valence-corrected chi connectivity index (χ3v) is 3.24. The highest BCUT2D eigenvalue weighted by Crippen LogP contribution is 2.31. The number of thiazole rings is 1. The van der Waals surface area contributed by atoms with Crippen LogP contribution in [-0.4, -0.2) is 16.1 Å². The van der Waals surface area contributed by atoms with Gasteiger partial charge in [0.25, 0.3) is 0 Å². The standard InChI is InChI=1S/C10H6Cl2N2O2S/c11-5-1-2-7(6(12)3-5)14-9-8(10(15)16)13-4-17-9/h1-4,14H,(H,15,16). The maximum absolute atomic E-state index is 10.9. The molecule has 0 radical (unpaired) electrons. The molecule has 0 saturated carbocycles. The smallest absolute Gasteiger partial charge is 0.357 e. The summed E-state index contributed by atoms with van der Waals surface area (Å²) in [5.41, 5.74) is 2.01. The number of hydrogen-bond donors (Lipinski definition) is 2. The summed E-state index contributed by atoms with van der Waals surface area (Å²) < 4.78 is 0. The highest BCUT2D eigenvalue weighted by molar-refractivity contribution is 7.14. The topological polar surface area (TPSA) is 62.2 Å². The fourth-order valence-electron chi connectivity index (χ4n) is 1.20. The Labute approximate surface area is 111 Å². The van der Waals surface area contributed by atoms with E-state index >= 15 is 0 Å². The summed E-state index contributed by atoms with van der Waals surface area (Å²) in [4.78, 5) is 14.6. The number of nitrogens with one attached hydrogen (secondary N) is 1. The molecule has 0 aliphatic rings. The van der Waals surface area contributed by atoms with Crippen LogP contribution < -0.4 is 5.32 Å². The summed E-state index contributed by atoms with van der Waals surface area (Å²) >= 11 is 12.9. The molecule has 0 spiro atoms. The van der Waals surface area contributed by atoms with Gasteiger partial charge in [-0.1, -0.05) is 23.2 Å². The zero-order valence-electron chi connectivity index (χ0n) is 8.28. The Balaban J connectivity index is 2.31. The molecule has 0 bridgehead atoms. The van der Waals surface area contributed by atoms with Crippen molar-refractivity contribution in [3.05, 3.63) is 39.4 Å². The molecule has 0 aliphatic heterocycles. The molecule has 17 heavy (non-hydrogen) atoms. The lowest BCUT2D eigenvalue weighted by molar-refractivity contribution is 0.0692. The van der Waals surface area contributed by atoms with Crippen molar-refractivity contribution >= 4 is 51.2 Å². The van der Waals surface area contributed by atoms with E-state index in [1.807, 2.05) is 0 Å². The van der Waals surface area contributed by atoms with Gasteiger partial charge < -0.3 is 10.4 Å². The summed E-state index contributed by atoms with van der Waals surface area (Å²) in [7, 11) is 0. The minimum Gasteiger partial charge on any atom is -0.476 e. The normalized spacial score (nSPS) is 10.2. The predicted octanol–water partition coefficient (Wildman–Crippen LogP) is 3.89. The van der Waals surface area contributed by atoms with Gasteiger partial charge >= 0.3 is 5.97 Å². The van der Waals surface area contributed by atoms with Crippen LogP contribution in [0.3, 0.4) is 0 Å². The molecule has 2 rings (SSSR count). The van der Waals surface area contributed by atoms with Gasteiger partial charge in [0.15, 0.2) is 5.69 Å². The van der Waals surface area contributed by atoms with E-state index in [-0.39, 0.29) is 5.69 Å². The predicted molar refractivity (Wildman–Crippen MR) is 68.8 cm³/mol. The fourth-order valence-corrected chi connectivity index (χ4v) is 2.34. The Hall–Kier alpha value is -1.30. The van der Waals surface area contributed by atoms with Gasteiger partial charge in [-0.05, 0) is 18.2 Å². The van der Waals surface area contributed by atoms with E-state index in [9.17, 15) is 4.79 Å². The Kier molecular flexibility index (Phi) is 3.51. The van der Waals surface area contributed by atoms with Crippen molar-refractivity contribution in [2.45, 2.75) is 0 Å². The van der Waals surface area contributed by atoms with E-state index in [1.54, 1.807) is 18.2 Å². The Morgan fingerprint density at radius 2 is 2.18 bits per heavy atom. The lowest BCUT2D eigenvalue weighted by Crippen LogP contribution is -2.01. The highest BCUT2D eigenvalue weighted by Gasteiger charge is 2.14. The number of hydrogen-bond acceptors (Lipinski definition) is 4. The SMILES string of the molecule is O=C(O)c1ncsc1Nc1ccc(Cl)cc1Cl. The summed E-state index contributed by atoms with van der Waals surface area (Å²) in [5, 5.41) is 13.2. The largest absolute Gasteiger partial charge is 0.476 e. The first-order valence-corrected chi connectivity index (χ1v) is 6.10. The van der Waals surface area contributed by atoms with E-state index in [4.69, 9.17) is 28.3 Å². The summed E-state index contributed by atoms with van der Waals surface area (Å²) in [6.07, 6.45) is 0. The first-order valence-electron chi connectivity index (χ1n) is 4.47.